The van der Waals surface area contributed by atoms with E-state index in [1.807, 2.05) is 0 Å². The van der Waals surface area contributed by atoms with Gasteiger partial charge in [-0.2, -0.15) is 0 Å². The molecule has 19 heavy (non-hydrogen) atoms. The molecule has 1 aliphatic carbocycles. The Hall–Kier alpha value is -0.570. The summed E-state index contributed by atoms with van der Waals surface area (Å²) in [5.74, 6) is -0.0637. The molecule has 2 N–H and O–H groups in total. The maximum Gasteiger partial charge on any atom is 0.309 e. The van der Waals surface area contributed by atoms with Crippen LogP contribution >= 0.6 is 0 Å². The minimum Gasteiger partial charge on any atom is -0.481 e. The van der Waals surface area contributed by atoms with Gasteiger partial charge in [-0.1, -0.05) is 20.8 Å². The van der Waals surface area contributed by atoms with Crippen molar-refractivity contribution < 1.29 is 15.0 Å². The molecular formula is C16H30O3. The number of carboxylic acids is 1. The number of carbonyl (C=O) groups is 1. The molecule has 0 amide bonds. The Morgan fingerprint density at radius 1 is 1.16 bits per heavy atom. The molecule has 112 valence electrons. The van der Waals surface area contributed by atoms with Crippen LogP contribution in [-0.2, 0) is 4.79 Å². The number of aliphatic hydroxyl groups is 1. The Balaban J connectivity index is 2.70. The first-order valence-electron chi connectivity index (χ1n) is 7.42. The highest BCUT2D eigenvalue weighted by Gasteiger charge is 2.44. The lowest BCUT2D eigenvalue weighted by molar-refractivity contribution is -0.153. The van der Waals surface area contributed by atoms with Gasteiger partial charge in [0.2, 0.25) is 0 Å². The van der Waals surface area contributed by atoms with Crippen molar-refractivity contribution >= 4 is 5.97 Å². The zero-order chi connectivity index (χ0) is 14.9. The molecule has 1 aliphatic rings. The van der Waals surface area contributed by atoms with E-state index in [9.17, 15) is 15.0 Å². The highest BCUT2D eigenvalue weighted by molar-refractivity contribution is 5.74. The van der Waals surface area contributed by atoms with Crippen LogP contribution in [0.15, 0.2) is 0 Å². The fraction of sp³-hybridized carbons (Fsp3) is 0.938. The van der Waals surface area contributed by atoms with Gasteiger partial charge in [0.15, 0.2) is 0 Å². The van der Waals surface area contributed by atoms with E-state index in [4.69, 9.17) is 0 Å². The summed E-state index contributed by atoms with van der Waals surface area (Å²) < 4.78 is 0. The molecule has 0 aromatic heterocycles. The minimum absolute atomic E-state index is 0.265. The first kappa shape index (κ1) is 16.5. The monoisotopic (exact) mass is 270 g/mol. The highest BCUT2D eigenvalue weighted by Crippen LogP contribution is 2.48. The lowest BCUT2D eigenvalue weighted by Crippen LogP contribution is -2.39. The number of rotatable bonds is 4. The van der Waals surface area contributed by atoms with Gasteiger partial charge in [0.05, 0.1) is 11.0 Å². The first-order chi connectivity index (χ1) is 8.46. The van der Waals surface area contributed by atoms with E-state index in [-0.39, 0.29) is 5.41 Å². The Kier molecular flexibility index (Phi) is 4.71. The third-order valence-corrected chi connectivity index (χ3v) is 4.84. The summed E-state index contributed by atoms with van der Waals surface area (Å²) in [5.41, 5.74) is -1.12. The van der Waals surface area contributed by atoms with Crippen LogP contribution < -0.4 is 0 Å². The van der Waals surface area contributed by atoms with Crippen molar-refractivity contribution in [3.63, 3.8) is 0 Å². The van der Waals surface area contributed by atoms with Gasteiger partial charge in [0.25, 0.3) is 0 Å². The average molecular weight is 270 g/mol. The van der Waals surface area contributed by atoms with Crippen LogP contribution in [0.25, 0.3) is 0 Å². The third kappa shape index (κ3) is 4.48. The maximum atomic E-state index is 11.7. The Morgan fingerprint density at radius 3 is 1.95 bits per heavy atom. The molecule has 0 saturated heterocycles. The average Bonchev–Trinajstić information content (AvgIpc) is 2.24. The molecule has 1 fully saturated rings. The predicted molar refractivity (Wildman–Crippen MR) is 77.0 cm³/mol. The first-order valence-corrected chi connectivity index (χ1v) is 7.42. The summed E-state index contributed by atoms with van der Waals surface area (Å²) in [6.45, 7) is 10.2. The summed E-state index contributed by atoms with van der Waals surface area (Å²) in [4.78, 5) is 11.7. The van der Waals surface area contributed by atoms with Gasteiger partial charge in [0, 0.05) is 0 Å². The van der Waals surface area contributed by atoms with Crippen molar-refractivity contribution in [2.24, 2.45) is 16.7 Å². The molecule has 0 aromatic rings. The molecular weight excluding hydrogens is 240 g/mol. The van der Waals surface area contributed by atoms with E-state index < -0.39 is 17.0 Å². The van der Waals surface area contributed by atoms with E-state index in [1.165, 1.54) is 0 Å². The van der Waals surface area contributed by atoms with Gasteiger partial charge in [-0.3, -0.25) is 4.79 Å². The van der Waals surface area contributed by atoms with Gasteiger partial charge in [-0.15, -0.1) is 0 Å². The van der Waals surface area contributed by atoms with E-state index in [1.54, 1.807) is 13.8 Å². The highest BCUT2D eigenvalue weighted by atomic mass is 16.4. The minimum atomic E-state index is -0.774. The second-order valence-electron chi connectivity index (χ2n) is 8.04. The summed E-state index contributed by atoms with van der Waals surface area (Å²) in [6, 6.07) is 0. The lowest BCUT2D eigenvalue weighted by Gasteiger charge is -2.42. The fourth-order valence-corrected chi connectivity index (χ4v) is 3.15. The molecule has 0 bridgehead atoms. The second kappa shape index (κ2) is 5.43. The van der Waals surface area contributed by atoms with Crippen molar-refractivity contribution in [3.05, 3.63) is 0 Å². The molecule has 3 nitrogen and oxygen atoms in total. The van der Waals surface area contributed by atoms with Gasteiger partial charge >= 0.3 is 5.97 Å². The SMILES string of the molecule is CC(C)(O)CCC1(C(=O)O)CCC(C(C)(C)C)CC1. The molecule has 1 saturated carbocycles. The normalized spacial score (nSPS) is 29.3. The molecule has 0 unspecified atom stereocenters. The quantitative estimate of drug-likeness (QED) is 0.816. The van der Waals surface area contributed by atoms with Gasteiger partial charge in [-0.05, 0) is 63.7 Å². The largest absolute Gasteiger partial charge is 0.481 e. The van der Waals surface area contributed by atoms with E-state index >= 15 is 0 Å². The zero-order valence-corrected chi connectivity index (χ0v) is 13.1. The Bertz CT molecular complexity index is 312. The molecule has 0 spiro atoms. The number of aliphatic carboxylic acids is 1. The fourth-order valence-electron chi connectivity index (χ4n) is 3.15. The number of hydrogen-bond acceptors (Lipinski definition) is 2. The Labute approximate surface area is 117 Å². The zero-order valence-electron chi connectivity index (χ0n) is 13.1. The smallest absolute Gasteiger partial charge is 0.309 e. The van der Waals surface area contributed by atoms with E-state index in [2.05, 4.69) is 20.8 Å². The molecule has 3 heteroatoms. The summed E-state index contributed by atoms with van der Waals surface area (Å²) in [6.07, 6.45) is 4.62. The van der Waals surface area contributed by atoms with Crippen LogP contribution in [-0.4, -0.2) is 21.8 Å². The standard InChI is InChI=1S/C16H30O3/c1-14(2,3)12-6-8-16(9-7-12,13(17)18)11-10-15(4,5)19/h12,19H,6-11H2,1-5H3,(H,17,18). The molecule has 0 atom stereocenters. The predicted octanol–water partition coefficient (Wildman–Crippen LogP) is 3.84. The summed E-state index contributed by atoms with van der Waals surface area (Å²) in [7, 11) is 0. The molecule has 1 rings (SSSR count). The Morgan fingerprint density at radius 2 is 1.63 bits per heavy atom. The molecule has 0 aromatic carbocycles. The van der Waals surface area contributed by atoms with Crippen molar-refractivity contribution in [1.29, 1.82) is 0 Å². The summed E-state index contributed by atoms with van der Waals surface area (Å²) >= 11 is 0. The van der Waals surface area contributed by atoms with Gasteiger partial charge in [-0.25, -0.2) is 0 Å². The maximum absolute atomic E-state index is 11.7. The van der Waals surface area contributed by atoms with Crippen molar-refractivity contribution in [2.45, 2.75) is 78.7 Å². The van der Waals surface area contributed by atoms with Crippen LogP contribution in [0.4, 0.5) is 0 Å². The van der Waals surface area contributed by atoms with Crippen LogP contribution in [0.1, 0.15) is 73.1 Å². The number of hydrogen-bond donors (Lipinski definition) is 2. The molecule has 0 heterocycles. The van der Waals surface area contributed by atoms with Crippen LogP contribution in [0.5, 0.6) is 0 Å². The topological polar surface area (TPSA) is 57.5 Å². The third-order valence-electron chi connectivity index (χ3n) is 4.84. The van der Waals surface area contributed by atoms with Gasteiger partial charge < -0.3 is 10.2 Å². The molecule has 0 aliphatic heterocycles. The van der Waals surface area contributed by atoms with Crippen LogP contribution in [0.2, 0.25) is 0 Å². The van der Waals surface area contributed by atoms with Crippen LogP contribution in [0, 0.1) is 16.7 Å². The van der Waals surface area contributed by atoms with E-state index in [0.29, 0.717) is 18.8 Å². The second-order valence-corrected chi connectivity index (χ2v) is 8.04. The lowest BCUT2D eigenvalue weighted by atomic mass is 9.62. The number of carboxylic acid groups (broad SMARTS) is 1. The summed E-state index contributed by atoms with van der Waals surface area (Å²) in [5, 5.41) is 19.4. The van der Waals surface area contributed by atoms with Crippen molar-refractivity contribution in [3.8, 4) is 0 Å². The van der Waals surface area contributed by atoms with Gasteiger partial charge in [0.1, 0.15) is 0 Å². The molecule has 0 radical (unpaired) electrons. The van der Waals surface area contributed by atoms with Crippen LogP contribution in [0.3, 0.4) is 0 Å². The van der Waals surface area contributed by atoms with E-state index in [0.717, 1.165) is 25.7 Å². The van der Waals surface area contributed by atoms with Crippen molar-refractivity contribution in [1.82, 2.24) is 0 Å². The van der Waals surface area contributed by atoms with Crippen molar-refractivity contribution in [2.75, 3.05) is 0 Å².